The Balaban J connectivity index is 1.28. The molecule has 0 aromatic heterocycles. The molecular weight excluding hydrogens is 354 g/mol. The molecule has 1 amide bonds. The first kappa shape index (κ1) is 19.7. The lowest BCUT2D eigenvalue weighted by atomic mass is 9.83. The molecule has 6 heteroatoms. The lowest BCUT2D eigenvalue weighted by Crippen LogP contribution is -2.65. The number of likely N-dealkylation sites (tertiary alicyclic amines) is 1. The number of para-hydroxylation sites is 1. The Morgan fingerprint density at radius 3 is 2.68 bits per heavy atom. The summed E-state index contributed by atoms with van der Waals surface area (Å²) in [6.45, 7) is 8.13. The summed E-state index contributed by atoms with van der Waals surface area (Å²) in [6, 6.07) is 9.57. The first-order chi connectivity index (χ1) is 13.6. The van der Waals surface area contributed by atoms with E-state index in [0.717, 1.165) is 71.1 Å². The monoisotopic (exact) mass is 387 g/mol. The fourth-order valence-electron chi connectivity index (χ4n) is 4.86. The molecule has 28 heavy (non-hydrogen) atoms. The SMILES string of the molecule is CN1CCN(C[C@H]2CCOC2)CC12CCN(C(=O)COc1ccccc1)CC2. The van der Waals surface area contributed by atoms with Crippen molar-refractivity contribution in [3.8, 4) is 5.75 Å². The van der Waals surface area contributed by atoms with Crippen molar-refractivity contribution in [3.05, 3.63) is 30.3 Å². The van der Waals surface area contributed by atoms with Crippen LogP contribution in [0.3, 0.4) is 0 Å². The van der Waals surface area contributed by atoms with Crippen LogP contribution in [-0.4, -0.2) is 92.3 Å². The van der Waals surface area contributed by atoms with Gasteiger partial charge in [-0.05, 0) is 44.4 Å². The van der Waals surface area contributed by atoms with Crippen molar-refractivity contribution >= 4 is 5.91 Å². The average Bonchev–Trinajstić information content (AvgIpc) is 3.23. The third-order valence-corrected chi connectivity index (χ3v) is 6.77. The summed E-state index contributed by atoms with van der Waals surface area (Å²) < 4.78 is 11.2. The van der Waals surface area contributed by atoms with Crippen LogP contribution in [0.25, 0.3) is 0 Å². The molecule has 154 valence electrons. The van der Waals surface area contributed by atoms with Gasteiger partial charge in [0, 0.05) is 51.4 Å². The number of piperazine rings is 1. The molecule has 0 radical (unpaired) electrons. The van der Waals surface area contributed by atoms with Crippen LogP contribution in [0.5, 0.6) is 5.75 Å². The second kappa shape index (κ2) is 8.80. The molecule has 4 rings (SSSR count). The number of ether oxygens (including phenoxy) is 2. The number of piperidine rings is 1. The molecule has 0 bridgehead atoms. The summed E-state index contributed by atoms with van der Waals surface area (Å²) in [5, 5.41) is 0. The van der Waals surface area contributed by atoms with E-state index in [4.69, 9.17) is 9.47 Å². The number of amides is 1. The van der Waals surface area contributed by atoms with Gasteiger partial charge < -0.3 is 14.4 Å². The van der Waals surface area contributed by atoms with E-state index in [9.17, 15) is 4.79 Å². The van der Waals surface area contributed by atoms with E-state index in [2.05, 4.69) is 16.8 Å². The van der Waals surface area contributed by atoms with Crippen molar-refractivity contribution in [2.24, 2.45) is 5.92 Å². The fraction of sp³-hybridized carbons (Fsp3) is 0.682. The van der Waals surface area contributed by atoms with E-state index < -0.39 is 0 Å². The van der Waals surface area contributed by atoms with Crippen molar-refractivity contribution in [2.75, 3.05) is 66.1 Å². The Kier molecular flexibility index (Phi) is 6.19. The summed E-state index contributed by atoms with van der Waals surface area (Å²) in [6.07, 6.45) is 3.28. The van der Waals surface area contributed by atoms with Gasteiger partial charge in [-0.2, -0.15) is 0 Å². The van der Waals surface area contributed by atoms with Gasteiger partial charge in [-0.25, -0.2) is 0 Å². The molecule has 6 nitrogen and oxygen atoms in total. The van der Waals surface area contributed by atoms with Gasteiger partial charge >= 0.3 is 0 Å². The number of carbonyl (C=O) groups is 1. The molecular formula is C22H33N3O3. The Labute approximate surface area is 168 Å². The highest BCUT2D eigenvalue weighted by molar-refractivity contribution is 5.77. The van der Waals surface area contributed by atoms with Crippen LogP contribution in [0, 0.1) is 5.92 Å². The van der Waals surface area contributed by atoms with Crippen LogP contribution in [-0.2, 0) is 9.53 Å². The fourth-order valence-corrected chi connectivity index (χ4v) is 4.86. The van der Waals surface area contributed by atoms with E-state index in [1.807, 2.05) is 35.2 Å². The Morgan fingerprint density at radius 1 is 1.18 bits per heavy atom. The minimum atomic E-state index is 0.0946. The zero-order chi connectivity index (χ0) is 19.4. The molecule has 3 saturated heterocycles. The molecule has 0 N–H and O–H groups in total. The number of likely N-dealkylation sites (N-methyl/N-ethyl adjacent to an activating group) is 1. The molecule has 1 aromatic carbocycles. The lowest BCUT2D eigenvalue weighted by molar-refractivity contribution is -0.137. The molecule has 1 spiro atoms. The highest BCUT2D eigenvalue weighted by atomic mass is 16.5. The van der Waals surface area contributed by atoms with Gasteiger partial charge in [-0.15, -0.1) is 0 Å². The van der Waals surface area contributed by atoms with Crippen LogP contribution in [0.2, 0.25) is 0 Å². The predicted molar refractivity (Wildman–Crippen MR) is 108 cm³/mol. The molecule has 3 fully saturated rings. The summed E-state index contributed by atoms with van der Waals surface area (Å²) in [7, 11) is 2.26. The average molecular weight is 388 g/mol. The number of hydrogen-bond acceptors (Lipinski definition) is 5. The van der Waals surface area contributed by atoms with Crippen molar-refractivity contribution < 1.29 is 14.3 Å². The Morgan fingerprint density at radius 2 is 1.96 bits per heavy atom. The number of hydrogen-bond donors (Lipinski definition) is 0. The zero-order valence-electron chi connectivity index (χ0n) is 17.0. The summed E-state index contributed by atoms with van der Waals surface area (Å²) in [5.41, 5.74) is 0.203. The Bertz CT molecular complexity index is 640. The van der Waals surface area contributed by atoms with E-state index in [0.29, 0.717) is 5.92 Å². The number of carbonyl (C=O) groups excluding carboxylic acids is 1. The maximum atomic E-state index is 12.6. The lowest BCUT2D eigenvalue weighted by Gasteiger charge is -2.53. The number of nitrogens with zero attached hydrogens (tertiary/aromatic N) is 3. The molecule has 1 aromatic rings. The normalized spacial score (nSPS) is 25.9. The van der Waals surface area contributed by atoms with E-state index in [1.165, 1.54) is 6.42 Å². The van der Waals surface area contributed by atoms with Crippen LogP contribution in [0.15, 0.2) is 30.3 Å². The van der Waals surface area contributed by atoms with Crippen molar-refractivity contribution in [1.82, 2.24) is 14.7 Å². The Hall–Kier alpha value is -1.63. The molecule has 0 unspecified atom stereocenters. The molecule has 0 saturated carbocycles. The van der Waals surface area contributed by atoms with Gasteiger partial charge in [0.25, 0.3) is 5.91 Å². The second-order valence-electron chi connectivity index (χ2n) is 8.59. The summed E-state index contributed by atoms with van der Waals surface area (Å²) in [4.78, 5) is 19.7. The van der Waals surface area contributed by atoms with Gasteiger partial charge in [-0.3, -0.25) is 14.6 Å². The molecule has 3 heterocycles. The van der Waals surface area contributed by atoms with Crippen LogP contribution >= 0.6 is 0 Å². The molecule has 0 aliphatic carbocycles. The maximum absolute atomic E-state index is 12.6. The van der Waals surface area contributed by atoms with Crippen molar-refractivity contribution in [1.29, 1.82) is 0 Å². The van der Waals surface area contributed by atoms with Gasteiger partial charge in [0.2, 0.25) is 0 Å². The van der Waals surface area contributed by atoms with E-state index in [-0.39, 0.29) is 18.1 Å². The smallest absolute Gasteiger partial charge is 0.260 e. The number of rotatable bonds is 5. The topological polar surface area (TPSA) is 45.2 Å². The first-order valence-corrected chi connectivity index (χ1v) is 10.6. The van der Waals surface area contributed by atoms with Crippen molar-refractivity contribution in [3.63, 3.8) is 0 Å². The number of benzene rings is 1. The maximum Gasteiger partial charge on any atom is 0.260 e. The van der Waals surface area contributed by atoms with Gasteiger partial charge in [0.15, 0.2) is 6.61 Å². The minimum absolute atomic E-state index is 0.0946. The standard InChI is InChI=1S/C22H33N3O3/c1-23-12-13-24(15-19-7-14-27-16-19)18-22(23)8-10-25(11-9-22)21(26)17-28-20-5-3-2-4-6-20/h2-6,19H,7-18H2,1H3/t19-/m1/s1. The van der Waals surface area contributed by atoms with Crippen LogP contribution in [0.4, 0.5) is 0 Å². The van der Waals surface area contributed by atoms with Gasteiger partial charge in [-0.1, -0.05) is 18.2 Å². The zero-order valence-corrected chi connectivity index (χ0v) is 17.0. The van der Waals surface area contributed by atoms with E-state index in [1.54, 1.807) is 0 Å². The van der Waals surface area contributed by atoms with Crippen LogP contribution in [0.1, 0.15) is 19.3 Å². The highest BCUT2D eigenvalue weighted by Gasteiger charge is 2.43. The van der Waals surface area contributed by atoms with Gasteiger partial charge in [0.1, 0.15) is 5.75 Å². The third-order valence-electron chi connectivity index (χ3n) is 6.77. The van der Waals surface area contributed by atoms with Gasteiger partial charge in [0.05, 0.1) is 6.61 Å². The predicted octanol–water partition coefficient (Wildman–Crippen LogP) is 1.71. The van der Waals surface area contributed by atoms with E-state index >= 15 is 0 Å². The third kappa shape index (κ3) is 4.50. The highest BCUT2D eigenvalue weighted by Crippen LogP contribution is 2.32. The summed E-state index contributed by atoms with van der Waals surface area (Å²) >= 11 is 0. The summed E-state index contributed by atoms with van der Waals surface area (Å²) in [5.74, 6) is 1.54. The second-order valence-corrected chi connectivity index (χ2v) is 8.59. The van der Waals surface area contributed by atoms with Crippen molar-refractivity contribution in [2.45, 2.75) is 24.8 Å². The molecule has 3 aliphatic rings. The quantitative estimate of drug-likeness (QED) is 0.770. The molecule has 3 aliphatic heterocycles. The first-order valence-electron chi connectivity index (χ1n) is 10.6. The van der Waals surface area contributed by atoms with Crippen LogP contribution < -0.4 is 4.74 Å². The minimum Gasteiger partial charge on any atom is -0.484 e. The largest absolute Gasteiger partial charge is 0.484 e. The molecule has 1 atom stereocenters.